The molecule has 0 radical (unpaired) electrons. The van der Waals surface area contributed by atoms with Crippen LogP contribution in [0, 0.1) is 5.92 Å². The van der Waals surface area contributed by atoms with Crippen LogP contribution in [0.1, 0.15) is 27.2 Å². The van der Waals surface area contributed by atoms with Crippen molar-refractivity contribution in [2.75, 3.05) is 6.61 Å². The summed E-state index contributed by atoms with van der Waals surface area (Å²) < 4.78 is 0. The third-order valence-electron chi connectivity index (χ3n) is 2.55. The quantitative estimate of drug-likeness (QED) is 0.365. The fourth-order valence-electron chi connectivity index (χ4n) is 1.46. The maximum absolute atomic E-state index is 11.8. The molecule has 0 aromatic heterocycles. The topological polar surface area (TPSA) is 142 Å². The molecule has 0 aliphatic rings. The molecule has 0 saturated heterocycles. The Labute approximate surface area is 117 Å². The van der Waals surface area contributed by atoms with Gasteiger partial charge in [0, 0.05) is 0 Å². The van der Waals surface area contributed by atoms with Gasteiger partial charge in [-0.3, -0.25) is 9.59 Å². The average Bonchev–Trinajstić information content (AvgIpc) is 2.33. The van der Waals surface area contributed by atoms with Crippen LogP contribution in [-0.2, 0) is 14.4 Å². The summed E-state index contributed by atoms with van der Waals surface area (Å²) in [5.41, 5.74) is 5.33. The number of aliphatic hydroxyl groups excluding tert-OH is 1. The average molecular weight is 289 g/mol. The molecule has 116 valence electrons. The summed E-state index contributed by atoms with van der Waals surface area (Å²) in [5.74, 6) is -2.45. The number of carboxylic acids is 1. The van der Waals surface area contributed by atoms with Crippen LogP contribution in [-0.4, -0.2) is 52.7 Å². The van der Waals surface area contributed by atoms with E-state index >= 15 is 0 Å². The maximum atomic E-state index is 11.8. The van der Waals surface area contributed by atoms with E-state index in [1.807, 2.05) is 13.8 Å². The minimum Gasteiger partial charge on any atom is -0.480 e. The molecule has 3 unspecified atom stereocenters. The van der Waals surface area contributed by atoms with Gasteiger partial charge in [-0.25, -0.2) is 4.79 Å². The second kappa shape index (κ2) is 8.49. The predicted octanol–water partition coefficient (Wildman–Crippen LogP) is -1.57. The number of nitrogens with two attached hydrogens (primary N) is 1. The molecule has 0 aliphatic carbocycles. The molecule has 20 heavy (non-hydrogen) atoms. The van der Waals surface area contributed by atoms with Gasteiger partial charge >= 0.3 is 5.97 Å². The van der Waals surface area contributed by atoms with E-state index in [-0.39, 0.29) is 12.3 Å². The van der Waals surface area contributed by atoms with E-state index in [4.69, 9.17) is 15.9 Å². The van der Waals surface area contributed by atoms with Crippen LogP contribution < -0.4 is 16.4 Å². The van der Waals surface area contributed by atoms with Crippen LogP contribution in [0.2, 0.25) is 0 Å². The smallest absolute Gasteiger partial charge is 0.326 e. The van der Waals surface area contributed by atoms with E-state index in [1.165, 1.54) is 6.92 Å². The predicted molar refractivity (Wildman–Crippen MR) is 71.7 cm³/mol. The minimum absolute atomic E-state index is 0.0719. The molecule has 0 heterocycles. The lowest BCUT2D eigenvalue weighted by Crippen LogP contribution is -2.55. The van der Waals surface area contributed by atoms with Crippen molar-refractivity contribution in [1.29, 1.82) is 0 Å². The largest absolute Gasteiger partial charge is 0.480 e. The van der Waals surface area contributed by atoms with Crippen molar-refractivity contribution in [3.05, 3.63) is 0 Å². The second-order valence-electron chi connectivity index (χ2n) is 5.06. The van der Waals surface area contributed by atoms with Gasteiger partial charge in [0.1, 0.15) is 12.1 Å². The Morgan fingerprint density at radius 1 is 1.05 bits per heavy atom. The number of nitrogens with one attached hydrogen (secondary N) is 2. The fourth-order valence-corrected chi connectivity index (χ4v) is 1.46. The van der Waals surface area contributed by atoms with Crippen molar-refractivity contribution in [1.82, 2.24) is 10.6 Å². The second-order valence-corrected chi connectivity index (χ2v) is 5.06. The van der Waals surface area contributed by atoms with Gasteiger partial charge in [-0.15, -0.1) is 0 Å². The fraction of sp³-hybridized carbons (Fsp3) is 0.750. The molecule has 0 aliphatic heterocycles. The number of carboxylic acid groups (broad SMARTS) is 1. The van der Waals surface area contributed by atoms with Gasteiger partial charge in [-0.2, -0.15) is 0 Å². The number of hydrogen-bond acceptors (Lipinski definition) is 5. The lowest BCUT2D eigenvalue weighted by molar-refractivity contribution is -0.143. The van der Waals surface area contributed by atoms with Crippen LogP contribution >= 0.6 is 0 Å². The Kier molecular flexibility index (Phi) is 7.78. The SMILES string of the molecule is CC(C)CC(NC(=O)C(CO)NC(=O)C(C)N)C(=O)O. The molecular weight excluding hydrogens is 266 g/mol. The highest BCUT2D eigenvalue weighted by atomic mass is 16.4. The van der Waals surface area contributed by atoms with Crippen LogP contribution in [0.4, 0.5) is 0 Å². The number of amides is 2. The van der Waals surface area contributed by atoms with Crippen molar-refractivity contribution in [2.45, 2.75) is 45.3 Å². The lowest BCUT2D eigenvalue weighted by Gasteiger charge is -2.21. The van der Waals surface area contributed by atoms with Crippen molar-refractivity contribution in [2.24, 2.45) is 11.7 Å². The number of rotatable bonds is 8. The van der Waals surface area contributed by atoms with Crippen LogP contribution in [0.15, 0.2) is 0 Å². The molecule has 0 aromatic rings. The minimum atomic E-state index is -1.22. The molecule has 0 fully saturated rings. The van der Waals surface area contributed by atoms with Gasteiger partial charge < -0.3 is 26.6 Å². The van der Waals surface area contributed by atoms with Gasteiger partial charge in [-0.05, 0) is 19.3 Å². The van der Waals surface area contributed by atoms with E-state index < -0.39 is 42.5 Å². The van der Waals surface area contributed by atoms with Gasteiger partial charge in [0.05, 0.1) is 12.6 Å². The van der Waals surface area contributed by atoms with E-state index in [9.17, 15) is 14.4 Å². The maximum Gasteiger partial charge on any atom is 0.326 e. The molecule has 0 aromatic carbocycles. The Hall–Kier alpha value is -1.67. The molecule has 3 atom stereocenters. The van der Waals surface area contributed by atoms with Crippen molar-refractivity contribution in [3.8, 4) is 0 Å². The first-order chi connectivity index (χ1) is 9.18. The van der Waals surface area contributed by atoms with Gasteiger partial charge in [-0.1, -0.05) is 13.8 Å². The van der Waals surface area contributed by atoms with E-state index in [0.29, 0.717) is 0 Å². The highest BCUT2D eigenvalue weighted by Gasteiger charge is 2.27. The third kappa shape index (κ3) is 6.48. The summed E-state index contributed by atoms with van der Waals surface area (Å²) in [6.07, 6.45) is 0.250. The van der Waals surface area contributed by atoms with Gasteiger partial charge in [0.15, 0.2) is 0 Å². The highest BCUT2D eigenvalue weighted by Crippen LogP contribution is 2.05. The first kappa shape index (κ1) is 18.3. The summed E-state index contributed by atoms with van der Waals surface area (Å²) in [5, 5.41) is 22.6. The lowest BCUT2D eigenvalue weighted by atomic mass is 10.0. The number of aliphatic carboxylic acids is 1. The summed E-state index contributed by atoms with van der Waals surface area (Å²) in [4.78, 5) is 34.2. The zero-order valence-corrected chi connectivity index (χ0v) is 11.9. The van der Waals surface area contributed by atoms with Crippen molar-refractivity contribution < 1.29 is 24.6 Å². The highest BCUT2D eigenvalue weighted by molar-refractivity contribution is 5.91. The van der Waals surface area contributed by atoms with E-state index in [2.05, 4.69) is 10.6 Å². The van der Waals surface area contributed by atoms with Crippen LogP contribution in [0.5, 0.6) is 0 Å². The summed E-state index contributed by atoms with van der Waals surface area (Å²) in [7, 11) is 0. The van der Waals surface area contributed by atoms with Crippen LogP contribution in [0.25, 0.3) is 0 Å². The number of aliphatic hydroxyl groups is 1. The van der Waals surface area contributed by atoms with Crippen molar-refractivity contribution in [3.63, 3.8) is 0 Å². The first-order valence-corrected chi connectivity index (χ1v) is 6.39. The standard InChI is InChI=1S/C12H23N3O5/c1-6(2)4-8(12(19)20)14-11(18)9(5-16)15-10(17)7(3)13/h6-9,16H,4-5,13H2,1-3H3,(H,14,18)(H,15,17)(H,19,20). The molecule has 8 heteroatoms. The third-order valence-corrected chi connectivity index (χ3v) is 2.55. The van der Waals surface area contributed by atoms with E-state index in [0.717, 1.165) is 0 Å². The molecular formula is C12H23N3O5. The molecule has 2 amide bonds. The zero-order chi connectivity index (χ0) is 15.9. The molecule has 0 bridgehead atoms. The summed E-state index contributed by atoms with van der Waals surface area (Å²) >= 11 is 0. The number of carbonyl (C=O) groups excluding carboxylic acids is 2. The van der Waals surface area contributed by atoms with Gasteiger partial charge in [0.25, 0.3) is 0 Å². The summed E-state index contributed by atoms with van der Waals surface area (Å²) in [6.45, 7) is 4.44. The first-order valence-electron chi connectivity index (χ1n) is 6.39. The van der Waals surface area contributed by atoms with E-state index in [1.54, 1.807) is 0 Å². The Bertz CT molecular complexity index is 357. The number of hydrogen-bond donors (Lipinski definition) is 5. The van der Waals surface area contributed by atoms with Crippen molar-refractivity contribution >= 4 is 17.8 Å². The normalized spacial score (nSPS) is 15.3. The van der Waals surface area contributed by atoms with Crippen LogP contribution in [0.3, 0.4) is 0 Å². The molecule has 0 rings (SSSR count). The Morgan fingerprint density at radius 3 is 1.90 bits per heavy atom. The number of carbonyl (C=O) groups is 3. The molecule has 8 nitrogen and oxygen atoms in total. The Balaban J connectivity index is 4.66. The Morgan fingerprint density at radius 2 is 1.55 bits per heavy atom. The molecule has 0 saturated carbocycles. The summed E-state index contributed by atoms with van der Waals surface area (Å²) in [6, 6.07) is -3.12. The monoisotopic (exact) mass is 289 g/mol. The zero-order valence-electron chi connectivity index (χ0n) is 11.9. The molecule has 6 N–H and O–H groups in total. The van der Waals surface area contributed by atoms with Gasteiger partial charge in [0.2, 0.25) is 11.8 Å². The molecule has 0 spiro atoms.